The molecule has 1 aromatic carbocycles. The molecule has 3 aromatic rings. The number of carbonyl (C=O) groups excluding carboxylic acids is 1. The van der Waals surface area contributed by atoms with E-state index in [4.69, 9.17) is 5.73 Å². The fraction of sp³-hybridized carbons (Fsp3) is 0.417. The summed E-state index contributed by atoms with van der Waals surface area (Å²) in [4.78, 5) is 20.2. The first kappa shape index (κ1) is 18.8. The average molecular weight is 406 g/mol. The quantitative estimate of drug-likeness (QED) is 0.546. The highest BCUT2D eigenvalue weighted by Crippen LogP contribution is 2.39. The van der Waals surface area contributed by atoms with Crippen LogP contribution in [-0.4, -0.2) is 22.9 Å². The molecule has 2 fully saturated rings. The van der Waals surface area contributed by atoms with Gasteiger partial charge in [-0.05, 0) is 75.3 Å². The van der Waals surface area contributed by atoms with E-state index in [0.717, 1.165) is 60.7 Å². The fourth-order valence-electron chi connectivity index (χ4n) is 4.31. The lowest BCUT2D eigenvalue weighted by atomic mass is 9.91. The highest BCUT2D eigenvalue weighted by molar-refractivity contribution is 7.15. The summed E-state index contributed by atoms with van der Waals surface area (Å²) in [6.45, 7) is 2.13. The Hall–Kier alpha value is -2.24. The standard InChI is InChI=1S/C24H27N3OS/c1-14-2-11-22(29-14)16-5-10-21-19(12-16)23(27-18-8-6-17(25)7-9-18)20(13-26-21)24(28)15-3-4-15/h2,5,10-13,15,17-18H,3-4,6-9,25H2,1H3,(H,26,27). The van der Waals surface area contributed by atoms with E-state index < -0.39 is 0 Å². The van der Waals surface area contributed by atoms with Gasteiger partial charge in [0.15, 0.2) is 5.78 Å². The van der Waals surface area contributed by atoms with E-state index in [-0.39, 0.29) is 11.7 Å². The van der Waals surface area contributed by atoms with Gasteiger partial charge < -0.3 is 11.1 Å². The van der Waals surface area contributed by atoms with Crippen LogP contribution in [0.1, 0.15) is 53.8 Å². The second kappa shape index (κ2) is 7.54. The largest absolute Gasteiger partial charge is 0.381 e. The summed E-state index contributed by atoms with van der Waals surface area (Å²) in [6.07, 6.45) is 7.96. The van der Waals surface area contributed by atoms with Crippen molar-refractivity contribution in [2.75, 3.05) is 5.32 Å². The van der Waals surface area contributed by atoms with Gasteiger partial charge in [-0.3, -0.25) is 9.78 Å². The highest BCUT2D eigenvalue weighted by Gasteiger charge is 2.33. The lowest BCUT2D eigenvalue weighted by molar-refractivity contribution is 0.0968. The third-order valence-electron chi connectivity index (χ3n) is 6.23. The van der Waals surface area contributed by atoms with Gasteiger partial charge in [-0.15, -0.1) is 11.3 Å². The Morgan fingerprint density at radius 2 is 1.90 bits per heavy atom. The highest BCUT2D eigenvalue weighted by atomic mass is 32.1. The summed E-state index contributed by atoms with van der Waals surface area (Å²) in [7, 11) is 0. The monoisotopic (exact) mass is 405 g/mol. The molecular formula is C24H27N3OS. The van der Waals surface area contributed by atoms with Crippen LogP contribution in [0, 0.1) is 12.8 Å². The molecule has 150 valence electrons. The van der Waals surface area contributed by atoms with E-state index in [1.807, 2.05) is 0 Å². The number of thiophene rings is 1. The number of anilines is 1. The Bertz CT molecular complexity index is 1060. The van der Waals surface area contributed by atoms with Crippen molar-refractivity contribution in [1.82, 2.24) is 4.98 Å². The maximum absolute atomic E-state index is 13.0. The molecule has 2 saturated carbocycles. The molecule has 0 spiro atoms. The number of pyridine rings is 1. The molecule has 0 atom stereocenters. The molecule has 2 aliphatic rings. The lowest BCUT2D eigenvalue weighted by Crippen LogP contribution is -2.33. The molecule has 2 heterocycles. The summed E-state index contributed by atoms with van der Waals surface area (Å²) < 4.78 is 0. The smallest absolute Gasteiger partial charge is 0.169 e. The Labute approximate surface area is 175 Å². The van der Waals surface area contributed by atoms with Crippen LogP contribution in [-0.2, 0) is 0 Å². The van der Waals surface area contributed by atoms with Gasteiger partial charge in [0.05, 0.1) is 16.8 Å². The van der Waals surface area contributed by atoms with Crippen molar-refractivity contribution in [3.05, 3.63) is 47.0 Å². The number of carbonyl (C=O) groups is 1. The van der Waals surface area contributed by atoms with Gasteiger partial charge in [0.1, 0.15) is 0 Å². The minimum Gasteiger partial charge on any atom is -0.381 e. The Kier molecular flexibility index (Phi) is 4.88. The molecule has 2 aromatic heterocycles. The first-order valence-corrected chi connectivity index (χ1v) is 11.5. The van der Waals surface area contributed by atoms with E-state index in [2.05, 4.69) is 47.6 Å². The van der Waals surface area contributed by atoms with Gasteiger partial charge >= 0.3 is 0 Å². The molecule has 0 bridgehead atoms. The predicted octanol–water partition coefficient (Wildman–Crippen LogP) is 5.55. The zero-order valence-electron chi connectivity index (χ0n) is 16.8. The van der Waals surface area contributed by atoms with Crippen LogP contribution in [0.25, 0.3) is 21.3 Å². The Balaban J connectivity index is 1.60. The van der Waals surface area contributed by atoms with Crippen LogP contribution in [0.2, 0.25) is 0 Å². The van der Waals surface area contributed by atoms with Crippen molar-refractivity contribution in [2.45, 2.75) is 57.5 Å². The van der Waals surface area contributed by atoms with Crippen molar-refractivity contribution in [2.24, 2.45) is 11.7 Å². The molecule has 29 heavy (non-hydrogen) atoms. The predicted molar refractivity (Wildman–Crippen MR) is 121 cm³/mol. The Morgan fingerprint density at radius 3 is 2.59 bits per heavy atom. The van der Waals surface area contributed by atoms with E-state index in [0.29, 0.717) is 12.1 Å². The zero-order chi connectivity index (χ0) is 20.0. The number of nitrogens with zero attached hydrogens (tertiary/aromatic N) is 1. The number of hydrogen-bond donors (Lipinski definition) is 2. The first-order chi connectivity index (χ1) is 14.1. The second-order valence-corrected chi connectivity index (χ2v) is 9.87. The molecule has 0 amide bonds. The number of Topliss-reactive ketones (excluding diaryl/α,β-unsaturated/α-hetero) is 1. The molecule has 0 saturated heterocycles. The second-order valence-electron chi connectivity index (χ2n) is 8.58. The number of benzene rings is 1. The fourth-order valence-corrected chi connectivity index (χ4v) is 5.17. The number of fused-ring (bicyclic) bond motifs is 1. The van der Waals surface area contributed by atoms with Gasteiger partial charge in [0.25, 0.3) is 0 Å². The molecule has 0 unspecified atom stereocenters. The number of rotatable bonds is 5. The number of nitrogens with one attached hydrogen (secondary N) is 1. The van der Waals surface area contributed by atoms with Gasteiger partial charge in [-0.2, -0.15) is 0 Å². The van der Waals surface area contributed by atoms with Crippen molar-refractivity contribution in [3.63, 3.8) is 0 Å². The van der Waals surface area contributed by atoms with E-state index in [9.17, 15) is 4.79 Å². The number of hydrogen-bond acceptors (Lipinski definition) is 5. The lowest BCUT2D eigenvalue weighted by Gasteiger charge is -2.29. The normalized spacial score (nSPS) is 22.0. The van der Waals surface area contributed by atoms with Gasteiger partial charge in [0, 0.05) is 39.3 Å². The minimum atomic E-state index is 0.178. The number of nitrogens with two attached hydrogens (primary N) is 1. The number of aromatic nitrogens is 1. The van der Waals surface area contributed by atoms with Crippen LogP contribution < -0.4 is 11.1 Å². The van der Waals surface area contributed by atoms with Crippen LogP contribution in [0.15, 0.2) is 36.5 Å². The summed E-state index contributed by atoms with van der Waals surface area (Å²) in [5.41, 5.74) is 9.95. The van der Waals surface area contributed by atoms with Crippen molar-refractivity contribution < 1.29 is 4.79 Å². The average Bonchev–Trinajstić information content (AvgIpc) is 3.49. The van der Waals surface area contributed by atoms with Crippen LogP contribution in [0.3, 0.4) is 0 Å². The van der Waals surface area contributed by atoms with Crippen molar-refractivity contribution in [1.29, 1.82) is 0 Å². The van der Waals surface area contributed by atoms with Crippen molar-refractivity contribution in [3.8, 4) is 10.4 Å². The first-order valence-electron chi connectivity index (χ1n) is 10.6. The van der Waals surface area contributed by atoms with E-state index in [1.165, 1.54) is 15.3 Å². The van der Waals surface area contributed by atoms with Crippen LogP contribution in [0.4, 0.5) is 5.69 Å². The SMILES string of the molecule is Cc1ccc(-c2ccc3ncc(C(=O)C4CC4)c(NC4CCC(N)CC4)c3c2)s1. The molecule has 0 aliphatic heterocycles. The maximum atomic E-state index is 13.0. The van der Waals surface area contributed by atoms with E-state index in [1.54, 1.807) is 17.5 Å². The van der Waals surface area contributed by atoms with Crippen molar-refractivity contribution >= 4 is 33.7 Å². The summed E-state index contributed by atoms with van der Waals surface area (Å²) >= 11 is 1.79. The van der Waals surface area contributed by atoms with Gasteiger partial charge in [0.2, 0.25) is 0 Å². The molecule has 5 rings (SSSR count). The van der Waals surface area contributed by atoms with Crippen LogP contribution >= 0.6 is 11.3 Å². The van der Waals surface area contributed by atoms with Gasteiger partial charge in [-0.25, -0.2) is 0 Å². The summed E-state index contributed by atoms with van der Waals surface area (Å²) in [5.74, 6) is 0.421. The molecule has 3 N–H and O–H groups in total. The maximum Gasteiger partial charge on any atom is 0.169 e. The summed E-state index contributed by atoms with van der Waals surface area (Å²) in [6, 6.07) is 11.4. The number of aryl methyl sites for hydroxylation is 1. The number of ketones is 1. The summed E-state index contributed by atoms with van der Waals surface area (Å²) in [5, 5.41) is 4.80. The van der Waals surface area contributed by atoms with E-state index >= 15 is 0 Å². The third kappa shape index (κ3) is 3.81. The minimum absolute atomic E-state index is 0.178. The molecule has 5 heteroatoms. The topological polar surface area (TPSA) is 68.0 Å². The van der Waals surface area contributed by atoms with Gasteiger partial charge in [-0.1, -0.05) is 6.07 Å². The Morgan fingerprint density at radius 1 is 1.10 bits per heavy atom. The van der Waals surface area contributed by atoms with Crippen LogP contribution in [0.5, 0.6) is 0 Å². The molecular weight excluding hydrogens is 378 g/mol. The molecule has 0 radical (unpaired) electrons. The molecule has 2 aliphatic carbocycles. The third-order valence-corrected chi connectivity index (χ3v) is 7.28. The zero-order valence-corrected chi connectivity index (χ0v) is 17.6. The molecule has 4 nitrogen and oxygen atoms in total.